The van der Waals surface area contributed by atoms with Crippen molar-refractivity contribution < 1.29 is 19.4 Å². The fraction of sp³-hybridized carbons (Fsp3) is 0.958. The number of carboxylic acids is 1. The summed E-state index contributed by atoms with van der Waals surface area (Å²) in [5.74, 6) is -0.629. The lowest BCUT2D eigenvalue weighted by Crippen LogP contribution is -2.05. The Morgan fingerprint density at radius 1 is 0.308 bits per heavy atom. The van der Waals surface area contributed by atoms with E-state index in [1.807, 2.05) is 0 Å². The van der Waals surface area contributed by atoms with Crippen molar-refractivity contribution in [3.05, 3.63) is 0 Å². The van der Waals surface area contributed by atoms with Crippen molar-refractivity contribution in [2.24, 2.45) is 0 Å². The third-order valence-corrected chi connectivity index (χ3v) is 11.3. The van der Waals surface area contributed by atoms with Gasteiger partial charge in [0.15, 0.2) is 0 Å². The first-order chi connectivity index (χ1) is 25.7. The molecule has 0 aromatic carbocycles. The molecule has 0 saturated heterocycles. The molecule has 0 radical (unpaired) electrons. The maximum absolute atomic E-state index is 12.0. The Morgan fingerprint density at radius 2 is 0.519 bits per heavy atom. The van der Waals surface area contributed by atoms with Crippen LogP contribution in [0.4, 0.5) is 0 Å². The van der Waals surface area contributed by atoms with Crippen LogP contribution in [0.25, 0.3) is 0 Å². The highest BCUT2D eigenvalue weighted by molar-refractivity contribution is 5.69. The van der Waals surface area contributed by atoms with Gasteiger partial charge in [-0.1, -0.05) is 257 Å². The van der Waals surface area contributed by atoms with Gasteiger partial charge in [-0.3, -0.25) is 9.59 Å². The average molecular weight is 735 g/mol. The molecule has 52 heavy (non-hydrogen) atoms. The molecule has 0 spiro atoms. The summed E-state index contributed by atoms with van der Waals surface area (Å²) in [6, 6.07) is 0. The monoisotopic (exact) mass is 735 g/mol. The molecular formula is C48H94O4. The van der Waals surface area contributed by atoms with Gasteiger partial charge in [0.25, 0.3) is 0 Å². The highest BCUT2D eigenvalue weighted by atomic mass is 16.5. The number of unbranched alkanes of at least 4 members (excludes halogenated alkanes) is 40. The SMILES string of the molecule is CCCCCCCCCCCCCC(=O)OCCCCCCCCCCCCCCCCCCCCCCCCCCCCCCCCCC(=O)O. The number of aliphatic carboxylic acids is 1. The Hall–Kier alpha value is -1.06. The van der Waals surface area contributed by atoms with Gasteiger partial charge in [0, 0.05) is 12.8 Å². The van der Waals surface area contributed by atoms with Crippen molar-refractivity contribution in [2.45, 2.75) is 289 Å². The quantitative estimate of drug-likeness (QED) is 0.0499. The summed E-state index contributed by atoms with van der Waals surface area (Å²) in [6.45, 7) is 2.90. The summed E-state index contributed by atoms with van der Waals surface area (Å²) in [4.78, 5) is 22.5. The first kappa shape index (κ1) is 50.9. The van der Waals surface area contributed by atoms with Gasteiger partial charge in [0.2, 0.25) is 0 Å². The highest BCUT2D eigenvalue weighted by Crippen LogP contribution is 2.17. The lowest BCUT2D eigenvalue weighted by atomic mass is 10.0. The van der Waals surface area contributed by atoms with Crippen LogP contribution in [0.5, 0.6) is 0 Å². The number of esters is 1. The van der Waals surface area contributed by atoms with Crippen LogP contribution in [0.15, 0.2) is 0 Å². The molecule has 0 aromatic heterocycles. The Morgan fingerprint density at radius 3 is 0.769 bits per heavy atom. The highest BCUT2D eigenvalue weighted by Gasteiger charge is 2.03. The van der Waals surface area contributed by atoms with E-state index < -0.39 is 5.97 Å². The van der Waals surface area contributed by atoms with Crippen LogP contribution in [0.3, 0.4) is 0 Å². The normalized spacial score (nSPS) is 11.4. The van der Waals surface area contributed by atoms with Crippen LogP contribution in [-0.2, 0) is 14.3 Å². The second kappa shape index (κ2) is 46.1. The summed E-state index contributed by atoms with van der Waals surface area (Å²) >= 11 is 0. The fourth-order valence-electron chi connectivity index (χ4n) is 7.70. The van der Waals surface area contributed by atoms with Crippen LogP contribution in [0.2, 0.25) is 0 Å². The van der Waals surface area contributed by atoms with E-state index in [9.17, 15) is 9.59 Å². The largest absolute Gasteiger partial charge is 0.481 e. The number of rotatable bonds is 46. The molecule has 4 heteroatoms. The Bertz CT molecular complexity index is 692. The Balaban J connectivity index is 3.12. The summed E-state index contributed by atoms with van der Waals surface area (Å²) in [7, 11) is 0. The minimum absolute atomic E-state index is 0.0225. The minimum atomic E-state index is -0.652. The second-order valence-corrected chi connectivity index (χ2v) is 16.6. The maximum Gasteiger partial charge on any atom is 0.305 e. The fourth-order valence-corrected chi connectivity index (χ4v) is 7.70. The Kier molecular flexibility index (Phi) is 45.2. The summed E-state index contributed by atoms with van der Waals surface area (Å²) in [6.07, 6.45) is 57.5. The lowest BCUT2D eigenvalue weighted by Gasteiger charge is -2.06. The molecular weight excluding hydrogens is 641 g/mol. The lowest BCUT2D eigenvalue weighted by molar-refractivity contribution is -0.144. The molecule has 0 atom stereocenters. The minimum Gasteiger partial charge on any atom is -0.481 e. The third kappa shape index (κ3) is 47.0. The second-order valence-electron chi connectivity index (χ2n) is 16.6. The number of hydrogen-bond acceptors (Lipinski definition) is 3. The van der Waals surface area contributed by atoms with Gasteiger partial charge in [0.05, 0.1) is 6.61 Å². The van der Waals surface area contributed by atoms with E-state index in [-0.39, 0.29) is 5.97 Å². The molecule has 0 aliphatic rings. The van der Waals surface area contributed by atoms with E-state index in [2.05, 4.69) is 6.92 Å². The molecule has 0 fully saturated rings. The number of carbonyl (C=O) groups is 2. The molecule has 0 unspecified atom stereocenters. The third-order valence-electron chi connectivity index (χ3n) is 11.3. The maximum atomic E-state index is 12.0. The molecule has 0 aliphatic carbocycles. The van der Waals surface area contributed by atoms with Crippen LogP contribution in [0.1, 0.15) is 289 Å². The molecule has 0 aliphatic heterocycles. The zero-order valence-electron chi connectivity index (χ0n) is 35.5. The first-order valence-electron chi connectivity index (χ1n) is 24.0. The van der Waals surface area contributed by atoms with E-state index in [4.69, 9.17) is 9.84 Å². The molecule has 0 saturated carbocycles. The molecule has 310 valence electrons. The molecule has 0 amide bonds. The van der Waals surface area contributed by atoms with Gasteiger partial charge < -0.3 is 9.84 Å². The Labute approximate surface area is 326 Å². The van der Waals surface area contributed by atoms with Crippen LogP contribution in [0, 0.1) is 0 Å². The van der Waals surface area contributed by atoms with E-state index in [1.54, 1.807) is 0 Å². The summed E-state index contributed by atoms with van der Waals surface area (Å²) < 4.78 is 5.46. The number of ether oxygens (including phenoxy) is 1. The summed E-state index contributed by atoms with van der Waals surface area (Å²) in [5, 5.41) is 8.66. The van der Waals surface area contributed by atoms with Gasteiger partial charge >= 0.3 is 11.9 Å². The smallest absolute Gasteiger partial charge is 0.305 e. The number of hydrogen-bond donors (Lipinski definition) is 1. The van der Waals surface area contributed by atoms with E-state index in [0.717, 1.165) is 25.7 Å². The predicted octanol–water partition coefficient (Wildman–Crippen LogP) is 16.8. The predicted molar refractivity (Wildman–Crippen MR) is 227 cm³/mol. The average Bonchev–Trinajstić information content (AvgIpc) is 3.13. The van der Waals surface area contributed by atoms with Gasteiger partial charge in [0.1, 0.15) is 0 Å². The number of carbonyl (C=O) groups excluding carboxylic acids is 1. The van der Waals surface area contributed by atoms with Crippen LogP contribution < -0.4 is 0 Å². The van der Waals surface area contributed by atoms with Crippen molar-refractivity contribution in [3.8, 4) is 0 Å². The molecule has 0 rings (SSSR count). The number of carboxylic acid groups (broad SMARTS) is 1. The van der Waals surface area contributed by atoms with Gasteiger partial charge in [-0.2, -0.15) is 0 Å². The molecule has 0 bridgehead atoms. The van der Waals surface area contributed by atoms with Crippen molar-refractivity contribution >= 4 is 11.9 Å². The van der Waals surface area contributed by atoms with Crippen molar-refractivity contribution in [3.63, 3.8) is 0 Å². The van der Waals surface area contributed by atoms with E-state index in [1.165, 1.54) is 244 Å². The zero-order chi connectivity index (χ0) is 37.7. The molecule has 0 heterocycles. The van der Waals surface area contributed by atoms with E-state index >= 15 is 0 Å². The molecule has 0 aromatic rings. The van der Waals surface area contributed by atoms with Gasteiger partial charge in [-0.05, 0) is 19.3 Å². The van der Waals surface area contributed by atoms with Gasteiger partial charge in [-0.15, -0.1) is 0 Å². The van der Waals surface area contributed by atoms with Crippen molar-refractivity contribution in [2.75, 3.05) is 6.61 Å². The van der Waals surface area contributed by atoms with Crippen molar-refractivity contribution in [1.29, 1.82) is 0 Å². The van der Waals surface area contributed by atoms with Gasteiger partial charge in [-0.25, -0.2) is 0 Å². The molecule has 4 nitrogen and oxygen atoms in total. The van der Waals surface area contributed by atoms with Crippen LogP contribution >= 0.6 is 0 Å². The first-order valence-corrected chi connectivity index (χ1v) is 24.0. The topological polar surface area (TPSA) is 63.6 Å². The van der Waals surface area contributed by atoms with Crippen molar-refractivity contribution in [1.82, 2.24) is 0 Å². The van der Waals surface area contributed by atoms with E-state index in [0.29, 0.717) is 19.4 Å². The zero-order valence-corrected chi connectivity index (χ0v) is 35.5. The van der Waals surface area contributed by atoms with Crippen LogP contribution in [-0.4, -0.2) is 23.7 Å². The molecule has 1 N–H and O–H groups in total. The summed E-state index contributed by atoms with van der Waals surface area (Å²) in [5.41, 5.74) is 0. The standard InChI is InChI=1S/C48H94O4/c1-2-3-4-5-6-7-29-33-36-39-42-45-48(51)52-46-43-40-37-34-31-28-26-24-22-20-18-16-14-12-10-8-9-11-13-15-17-19-21-23-25-27-30-32-35-38-41-44-47(49)50/h2-46H2,1H3,(H,49,50).